The van der Waals surface area contributed by atoms with Gasteiger partial charge in [0.2, 0.25) is 0 Å². The molecule has 0 aliphatic rings. The molecule has 1 heterocycles. The Hall–Kier alpha value is -1.42. The SMILES string of the molecule is CNCCC(C(=O)O)c1ccccn1. The van der Waals surface area contributed by atoms with Crippen LogP contribution in [0.5, 0.6) is 0 Å². The second-order valence-corrected chi connectivity index (χ2v) is 3.04. The van der Waals surface area contributed by atoms with Gasteiger partial charge in [-0.1, -0.05) is 6.07 Å². The molecule has 14 heavy (non-hydrogen) atoms. The second kappa shape index (κ2) is 5.34. The van der Waals surface area contributed by atoms with Crippen molar-refractivity contribution < 1.29 is 9.90 Å². The maximum atomic E-state index is 10.9. The van der Waals surface area contributed by atoms with Crippen molar-refractivity contribution in [2.75, 3.05) is 13.6 Å². The highest BCUT2D eigenvalue weighted by atomic mass is 16.4. The van der Waals surface area contributed by atoms with Gasteiger partial charge in [-0.25, -0.2) is 0 Å². The Balaban J connectivity index is 2.73. The minimum Gasteiger partial charge on any atom is -0.481 e. The number of nitrogens with zero attached hydrogens (tertiary/aromatic N) is 1. The van der Waals surface area contributed by atoms with Gasteiger partial charge in [-0.2, -0.15) is 0 Å². The van der Waals surface area contributed by atoms with Crippen molar-refractivity contribution in [1.29, 1.82) is 0 Å². The van der Waals surface area contributed by atoms with E-state index in [1.54, 1.807) is 31.4 Å². The molecule has 0 aliphatic heterocycles. The van der Waals surface area contributed by atoms with Crippen LogP contribution in [0.4, 0.5) is 0 Å². The van der Waals surface area contributed by atoms with E-state index < -0.39 is 11.9 Å². The third-order valence-corrected chi connectivity index (χ3v) is 2.03. The van der Waals surface area contributed by atoms with Crippen molar-refractivity contribution in [3.8, 4) is 0 Å². The number of aromatic nitrogens is 1. The highest BCUT2D eigenvalue weighted by Gasteiger charge is 2.19. The fourth-order valence-corrected chi connectivity index (χ4v) is 1.27. The topological polar surface area (TPSA) is 62.2 Å². The van der Waals surface area contributed by atoms with E-state index in [-0.39, 0.29) is 0 Å². The molecule has 0 fully saturated rings. The first-order chi connectivity index (χ1) is 6.75. The average Bonchev–Trinajstić information content (AvgIpc) is 2.19. The number of carboxylic acids is 1. The van der Waals surface area contributed by atoms with Crippen LogP contribution in [0, 0.1) is 0 Å². The van der Waals surface area contributed by atoms with Crippen molar-refractivity contribution in [3.05, 3.63) is 30.1 Å². The zero-order valence-electron chi connectivity index (χ0n) is 8.10. The number of carbonyl (C=O) groups is 1. The fourth-order valence-electron chi connectivity index (χ4n) is 1.27. The van der Waals surface area contributed by atoms with Crippen LogP contribution >= 0.6 is 0 Å². The summed E-state index contributed by atoms with van der Waals surface area (Å²) in [6.45, 7) is 0.674. The van der Waals surface area contributed by atoms with Gasteiger partial charge in [0.05, 0.1) is 5.69 Å². The minimum atomic E-state index is -0.820. The number of carboxylic acid groups (broad SMARTS) is 1. The summed E-state index contributed by atoms with van der Waals surface area (Å²) in [6, 6.07) is 5.33. The number of rotatable bonds is 5. The van der Waals surface area contributed by atoms with E-state index in [1.807, 2.05) is 0 Å². The Morgan fingerprint density at radius 2 is 2.43 bits per heavy atom. The highest BCUT2D eigenvalue weighted by molar-refractivity contribution is 5.75. The van der Waals surface area contributed by atoms with Crippen LogP contribution in [0.1, 0.15) is 18.0 Å². The summed E-state index contributed by atoms with van der Waals surface area (Å²) in [6.07, 6.45) is 2.17. The van der Waals surface area contributed by atoms with Crippen LogP contribution in [0.25, 0.3) is 0 Å². The maximum Gasteiger partial charge on any atom is 0.312 e. The van der Waals surface area contributed by atoms with E-state index in [9.17, 15) is 4.79 Å². The molecule has 4 heteroatoms. The lowest BCUT2D eigenvalue weighted by molar-refractivity contribution is -0.139. The summed E-state index contributed by atoms with van der Waals surface area (Å²) in [5.74, 6) is -1.33. The third-order valence-electron chi connectivity index (χ3n) is 2.03. The normalized spacial score (nSPS) is 12.4. The molecule has 76 valence electrons. The van der Waals surface area contributed by atoms with Crippen LogP contribution in [-0.4, -0.2) is 29.7 Å². The van der Waals surface area contributed by atoms with Gasteiger partial charge in [-0.3, -0.25) is 9.78 Å². The molecular formula is C10H14N2O2. The number of pyridine rings is 1. The molecule has 1 aromatic rings. The lowest BCUT2D eigenvalue weighted by Crippen LogP contribution is -2.19. The van der Waals surface area contributed by atoms with Crippen LogP contribution < -0.4 is 5.32 Å². The Morgan fingerprint density at radius 3 is 2.93 bits per heavy atom. The van der Waals surface area contributed by atoms with Crippen LogP contribution in [0.2, 0.25) is 0 Å². The van der Waals surface area contributed by atoms with Gasteiger partial charge < -0.3 is 10.4 Å². The summed E-state index contributed by atoms with van der Waals surface area (Å²) >= 11 is 0. The predicted molar refractivity (Wildman–Crippen MR) is 53.2 cm³/mol. The predicted octanol–water partition coefficient (Wildman–Crippen LogP) is 0.859. The van der Waals surface area contributed by atoms with Gasteiger partial charge in [0, 0.05) is 6.20 Å². The summed E-state index contributed by atoms with van der Waals surface area (Å²) < 4.78 is 0. The molecule has 0 spiro atoms. The Kier molecular flexibility index (Phi) is 4.07. The van der Waals surface area contributed by atoms with E-state index in [2.05, 4.69) is 10.3 Å². The van der Waals surface area contributed by atoms with E-state index in [0.29, 0.717) is 18.7 Å². The van der Waals surface area contributed by atoms with Crippen LogP contribution in [0.3, 0.4) is 0 Å². The van der Waals surface area contributed by atoms with E-state index in [4.69, 9.17) is 5.11 Å². The summed E-state index contributed by atoms with van der Waals surface area (Å²) in [5, 5.41) is 11.9. The molecule has 0 amide bonds. The van der Waals surface area contributed by atoms with E-state index in [1.165, 1.54) is 0 Å². The molecule has 0 aliphatic carbocycles. The van der Waals surface area contributed by atoms with E-state index in [0.717, 1.165) is 0 Å². The standard InChI is InChI=1S/C10H14N2O2/c1-11-7-5-8(10(13)14)9-4-2-3-6-12-9/h2-4,6,8,11H,5,7H2,1H3,(H,13,14). The largest absolute Gasteiger partial charge is 0.481 e. The zero-order valence-corrected chi connectivity index (χ0v) is 8.10. The Labute approximate surface area is 83.0 Å². The second-order valence-electron chi connectivity index (χ2n) is 3.04. The summed E-state index contributed by atoms with van der Waals surface area (Å²) in [5.41, 5.74) is 0.621. The number of hydrogen-bond donors (Lipinski definition) is 2. The van der Waals surface area contributed by atoms with Gasteiger partial charge in [-0.15, -0.1) is 0 Å². The van der Waals surface area contributed by atoms with Crippen molar-refractivity contribution in [2.24, 2.45) is 0 Å². The monoisotopic (exact) mass is 194 g/mol. The summed E-state index contributed by atoms with van der Waals surface area (Å²) in [7, 11) is 1.80. The van der Waals surface area contributed by atoms with Crippen LogP contribution in [0.15, 0.2) is 24.4 Å². The van der Waals surface area contributed by atoms with Crippen molar-refractivity contribution in [2.45, 2.75) is 12.3 Å². The lowest BCUT2D eigenvalue weighted by atomic mass is 10.0. The number of hydrogen-bond acceptors (Lipinski definition) is 3. The third kappa shape index (κ3) is 2.81. The van der Waals surface area contributed by atoms with E-state index >= 15 is 0 Å². The quantitative estimate of drug-likeness (QED) is 0.729. The number of nitrogens with one attached hydrogen (secondary N) is 1. The van der Waals surface area contributed by atoms with Gasteiger partial charge in [0.15, 0.2) is 0 Å². The lowest BCUT2D eigenvalue weighted by Gasteiger charge is -2.10. The van der Waals surface area contributed by atoms with Crippen molar-refractivity contribution in [1.82, 2.24) is 10.3 Å². The molecule has 0 radical (unpaired) electrons. The zero-order chi connectivity index (χ0) is 10.4. The molecular weight excluding hydrogens is 180 g/mol. The number of aliphatic carboxylic acids is 1. The molecule has 2 N–H and O–H groups in total. The first-order valence-electron chi connectivity index (χ1n) is 4.54. The highest BCUT2D eigenvalue weighted by Crippen LogP contribution is 2.16. The molecule has 0 saturated heterocycles. The average molecular weight is 194 g/mol. The maximum absolute atomic E-state index is 10.9. The first kappa shape index (κ1) is 10.7. The van der Waals surface area contributed by atoms with Crippen molar-refractivity contribution >= 4 is 5.97 Å². The van der Waals surface area contributed by atoms with Gasteiger partial charge >= 0.3 is 5.97 Å². The molecule has 1 atom stereocenters. The van der Waals surface area contributed by atoms with Crippen molar-refractivity contribution in [3.63, 3.8) is 0 Å². The Morgan fingerprint density at radius 1 is 1.64 bits per heavy atom. The minimum absolute atomic E-state index is 0.511. The summed E-state index contributed by atoms with van der Waals surface area (Å²) in [4.78, 5) is 15.0. The smallest absolute Gasteiger partial charge is 0.312 e. The molecule has 1 rings (SSSR count). The van der Waals surface area contributed by atoms with Gasteiger partial charge in [0.25, 0.3) is 0 Å². The Bertz CT molecular complexity index is 287. The molecule has 1 aromatic heterocycles. The first-order valence-corrected chi connectivity index (χ1v) is 4.54. The fraction of sp³-hybridized carbons (Fsp3) is 0.400. The molecule has 0 aromatic carbocycles. The van der Waals surface area contributed by atoms with Gasteiger partial charge in [-0.05, 0) is 32.1 Å². The molecule has 0 saturated carbocycles. The van der Waals surface area contributed by atoms with Gasteiger partial charge in [0.1, 0.15) is 5.92 Å². The molecule has 0 bridgehead atoms. The molecule has 4 nitrogen and oxygen atoms in total. The molecule has 1 unspecified atom stereocenters. The van der Waals surface area contributed by atoms with Crippen LogP contribution in [-0.2, 0) is 4.79 Å².